The minimum absolute atomic E-state index is 0.0574. The second-order valence-corrected chi connectivity index (χ2v) is 5.11. The van der Waals surface area contributed by atoms with E-state index in [9.17, 15) is 19.7 Å². The summed E-state index contributed by atoms with van der Waals surface area (Å²) in [6.45, 7) is 0.147. The van der Waals surface area contributed by atoms with E-state index >= 15 is 0 Å². The molecular formula is C15H13ClN2O5. The summed E-state index contributed by atoms with van der Waals surface area (Å²) < 4.78 is 5.67. The fraction of sp³-hybridized carbons (Fsp3) is 0.200. The van der Waals surface area contributed by atoms with Gasteiger partial charge in [-0.1, -0.05) is 29.8 Å². The van der Waals surface area contributed by atoms with Gasteiger partial charge in [0, 0.05) is 23.8 Å². The Hall–Kier alpha value is -2.67. The summed E-state index contributed by atoms with van der Waals surface area (Å²) in [5.41, 5.74) is -0.716. The summed E-state index contributed by atoms with van der Waals surface area (Å²) >= 11 is 6.05. The van der Waals surface area contributed by atoms with Crippen LogP contribution in [0.4, 0.5) is 5.69 Å². The Bertz CT molecular complexity index is 816. The maximum atomic E-state index is 12.1. The largest absolute Gasteiger partial charge is 0.465 e. The van der Waals surface area contributed by atoms with Crippen molar-refractivity contribution in [3.63, 3.8) is 0 Å². The molecular weight excluding hydrogens is 324 g/mol. The van der Waals surface area contributed by atoms with Crippen molar-refractivity contribution >= 4 is 23.3 Å². The molecule has 0 aliphatic rings. The number of pyridine rings is 1. The molecule has 0 spiro atoms. The topological polar surface area (TPSA) is 91.4 Å². The zero-order valence-corrected chi connectivity index (χ0v) is 12.9. The molecule has 8 heteroatoms. The van der Waals surface area contributed by atoms with Crippen LogP contribution >= 0.6 is 11.6 Å². The van der Waals surface area contributed by atoms with Gasteiger partial charge in [-0.05, 0) is 18.1 Å². The van der Waals surface area contributed by atoms with Gasteiger partial charge in [-0.3, -0.25) is 14.9 Å². The standard InChI is InChI=1S/C15H13ClN2O5/c1-23-15(20)11-8-13(18(21)22)14(19)17(9-11)7-6-10-4-2-3-5-12(10)16/h2-5,8-9H,6-7H2,1H3. The lowest BCUT2D eigenvalue weighted by molar-refractivity contribution is -0.386. The van der Waals surface area contributed by atoms with Gasteiger partial charge in [0.05, 0.1) is 17.6 Å². The Morgan fingerprint density at radius 2 is 2.09 bits per heavy atom. The number of esters is 1. The van der Waals surface area contributed by atoms with Crippen LogP contribution in [-0.2, 0) is 17.7 Å². The highest BCUT2D eigenvalue weighted by molar-refractivity contribution is 6.31. The number of aromatic nitrogens is 1. The molecule has 0 saturated carbocycles. The number of ether oxygens (including phenoxy) is 1. The Morgan fingerprint density at radius 1 is 1.39 bits per heavy atom. The van der Waals surface area contributed by atoms with Crippen LogP contribution in [0.1, 0.15) is 15.9 Å². The lowest BCUT2D eigenvalue weighted by Gasteiger charge is -2.09. The van der Waals surface area contributed by atoms with Crippen molar-refractivity contribution in [1.82, 2.24) is 4.57 Å². The number of hydrogen-bond donors (Lipinski definition) is 0. The zero-order valence-electron chi connectivity index (χ0n) is 12.2. The number of rotatable bonds is 5. The van der Waals surface area contributed by atoms with E-state index in [1.165, 1.54) is 6.20 Å². The highest BCUT2D eigenvalue weighted by Crippen LogP contribution is 2.16. The summed E-state index contributed by atoms with van der Waals surface area (Å²) in [4.78, 5) is 33.9. The van der Waals surface area contributed by atoms with Gasteiger partial charge < -0.3 is 9.30 Å². The quantitative estimate of drug-likeness (QED) is 0.475. The summed E-state index contributed by atoms with van der Waals surface area (Å²) in [7, 11) is 1.16. The number of halogens is 1. The second kappa shape index (κ2) is 7.06. The summed E-state index contributed by atoms with van der Waals surface area (Å²) in [5, 5.41) is 11.5. The molecule has 0 unspecified atom stereocenters. The molecule has 0 N–H and O–H groups in total. The van der Waals surface area contributed by atoms with Gasteiger partial charge >= 0.3 is 17.2 Å². The number of hydrogen-bond acceptors (Lipinski definition) is 5. The monoisotopic (exact) mass is 336 g/mol. The molecule has 0 bridgehead atoms. The first kappa shape index (κ1) is 16.7. The predicted octanol–water partition coefficient (Wildman–Crippen LogP) is 2.44. The average molecular weight is 337 g/mol. The third kappa shape index (κ3) is 3.75. The summed E-state index contributed by atoms with van der Waals surface area (Å²) in [5.74, 6) is -0.750. The molecule has 0 atom stereocenters. The highest BCUT2D eigenvalue weighted by atomic mass is 35.5. The third-order valence-electron chi connectivity index (χ3n) is 3.26. The van der Waals surface area contributed by atoms with Gasteiger partial charge in [-0.2, -0.15) is 0 Å². The van der Waals surface area contributed by atoms with Gasteiger partial charge in [0.1, 0.15) is 0 Å². The normalized spacial score (nSPS) is 10.3. The van der Waals surface area contributed by atoms with Gasteiger partial charge in [0.15, 0.2) is 0 Å². The number of benzene rings is 1. The molecule has 2 aromatic rings. The minimum atomic E-state index is -0.819. The molecule has 120 valence electrons. The molecule has 0 aliphatic carbocycles. The van der Waals surface area contributed by atoms with Crippen molar-refractivity contribution < 1.29 is 14.5 Å². The number of aryl methyl sites for hydroxylation is 2. The number of carbonyl (C=O) groups excluding carboxylic acids is 1. The second-order valence-electron chi connectivity index (χ2n) is 4.70. The predicted molar refractivity (Wildman–Crippen MR) is 83.9 cm³/mol. The van der Waals surface area contributed by atoms with Crippen LogP contribution in [0.3, 0.4) is 0 Å². The molecule has 0 saturated heterocycles. The SMILES string of the molecule is COC(=O)c1cc([N+](=O)[O-])c(=O)n(CCc2ccccc2Cl)c1. The molecule has 0 radical (unpaired) electrons. The van der Waals surface area contributed by atoms with Crippen LogP contribution < -0.4 is 5.56 Å². The first-order valence-corrected chi connectivity index (χ1v) is 7.02. The van der Waals surface area contributed by atoms with Crippen LogP contribution in [0.5, 0.6) is 0 Å². The van der Waals surface area contributed by atoms with E-state index in [1.807, 2.05) is 0 Å². The Kier molecular flexibility index (Phi) is 5.13. The molecule has 1 aromatic heterocycles. The van der Waals surface area contributed by atoms with Crippen LogP contribution in [0.25, 0.3) is 0 Å². The number of methoxy groups -OCH3 is 1. The van der Waals surface area contributed by atoms with E-state index in [-0.39, 0.29) is 12.1 Å². The van der Waals surface area contributed by atoms with E-state index in [0.717, 1.165) is 23.3 Å². The Morgan fingerprint density at radius 3 is 2.70 bits per heavy atom. The first-order chi connectivity index (χ1) is 10.9. The molecule has 2 rings (SSSR count). The van der Waals surface area contributed by atoms with Crippen molar-refractivity contribution in [2.75, 3.05) is 7.11 Å². The van der Waals surface area contributed by atoms with Crippen molar-refractivity contribution in [1.29, 1.82) is 0 Å². The molecule has 1 aromatic carbocycles. The Balaban J connectivity index is 2.39. The molecule has 23 heavy (non-hydrogen) atoms. The smallest absolute Gasteiger partial charge is 0.339 e. The van der Waals surface area contributed by atoms with E-state index in [1.54, 1.807) is 24.3 Å². The first-order valence-electron chi connectivity index (χ1n) is 6.64. The van der Waals surface area contributed by atoms with Crippen molar-refractivity contribution in [2.24, 2.45) is 0 Å². The highest BCUT2D eigenvalue weighted by Gasteiger charge is 2.20. The van der Waals surface area contributed by atoms with Crippen LogP contribution in [0.15, 0.2) is 41.3 Å². The zero-order chi connectivity index (χ0) is 17.0. The lowest BCUT2D eigenvalue weighted by atomic mass is 10.1. The van der Waals surface area contributed by atoms with Crippen molar-refractivity contribution in [2.45, 2.75) is 13.0 Å². The number of nitro groups is 1. The van der Waals surface area contributed by atoms with E-state index in [4.69, 9.17) is 11.6 Å². The van der Waals surface area contributed by atoms with Gasteiger partial charge in [0.2, 0.25) is 0 Å². The fourth-order valence-corrected chi connectivity index (χ4v) is 2.32. The summed E-state index contributed by atoms with van der Waals surface area (Å²) in [6.07, 6.45) is 1.64. The van der Waals surface area contributed by atoms with E-state index in [0.29, 0.717) is 11.4 Å². The molecule has 0 fully saturated rings. The van der Waals surface area contributed by atoms with Gasteiger partial charge in [-0.25, -0.2) is 4.79 Å². The van der Waals surface area contributed by atoms with E-state index in [2.05, 4.69) is 4.74 Å². The maximum absolute atomic E-state index is 12.1. The molecule has 0 amide bonds. The molecule has 1 heterocycles. The fourth-order valence-electron chi connectivity index (χ4n) is 2.09. The van der Waals surface area contributed by atoms with E-state index < -0.39 is 22.1 Å². The van der Waals surface area contributed by atoms with Crippen LogP contribution in [-0.4, -0.2) is 22.6 Å². The van der Waals surface area contributed by atoms with Gasteiger partial charge in [-0.15, -0.1) is 0 Å². The average Bonchev–Trinajstić information content (AvgIpc) is 2.54. The van der Waals surface area contributed by atoms with Crippen molar-refractivity contribution in [3.05, 3.63) is 73.1 Å². The molecule has 0 aliphatic heterocycles. The Labute approximate surface area is 136 Å². The minimum Gasteiger partial charge on any atom is -0.465 e. The van der Waals surface area contributed by atoms with Crippen molar-refractivity contribution in [3.8, 4) is 0 Å². The van der Waals surface area contributed by atoms with Crippen LogP contribution in [0, 0.1) is 10.1 Å². The van der Waals surface area contributed by atoms with Gasteiger partial charge in [0.25, 0.3) is 0 Å². The summed E-state index contributed by atoms with van der Waals surface area (Å²) in [6, 6.07) is 8.01. The van der Waals surface area contributed by atoms with Crippen LogP contribution in [0.2, 0.25) is 5.02 Å². The maximum Gasteiger partial charge on any atom is 0.339 e. The number of carbonyl (C=O) groups is 1. The molecule has 7 nitrogen and oxygen atoms in total. The third-order valence-corrected chi connectivity index (χ3v) is 3.63. The lowest BCUT2D eigenvalue weighted by Crippen LogP contribution is -2.25. The number of nitrogens with zero attached hydrogens (tertiary/aromatic N) is 2.